The van der Waals surface area contributed by atoms with Gasteiger partial charge in [-0.25, -0.2) is 13.2 Å². The van der Waals surface area contributed by atoms with E-state index in [1.165, 1.54) is 60.7 Å². The van der Waals surface area contributed by atoms with Crippen molar-refractivity contribution in [2.75, 3.05) is 10.6 Å². The molecule has 2 unspecified atom stereocenters. The van der Waals surface area contributed by atoms with Crippen molar-refractivity contribution in [1.82, 2.24) is 0 Å². The van der Waals surface area contributed by atoms with Gasteiger partial charge < -0.3 is 10.6 Å². The lowest BCUT2D eigenvalue weighted by Crippen LogP contribution is -2.18. The fourth-order valence-corrected chi connectivity index (χ4v) is 4.30. The molecule has 2 atom stereocenters. The molecule has 0 radical (unpaired) electrons. The lowest BCUT2D eigenvalue weighted by Gasteiger charge is -2.10. The third-order valence-electron chi connectivity index (χ3n) is 5.16. The van der Waals surface area contributed by atoms with Gasteiger partial charge in [0, 0.05) is 21.4 Å². The van der Waals surface area contributed by atoms with Crippen LogP contribution in [0.1, 0.15) is 21.8 Å². The van der Waals surface area contributed by atoms with Gasteiger partial charge in [0.2, 0.25) is 5.91 Å². The first-order valence-corrected chi connectivity index (χ1v) is 10.7. The molecule has 1 aliphatic rings. The van der Waals surface area contributed by atoms with Crippen LogP contribution in [0.15, 0.2) is 60.7 Å². The van der Waals surface area contributed by atoms with Crippen molar-refractivity contribution in [1.29, 1.82) is 0 Å². The Bertz CT molecular complexity index is 1230. The summed E-state index contributed by atoms with van der Waals surface area (Å²) in [5, 5.41) is 5.41. The van der Waals surface area contributed by atoms with Crippen LogP contribution in [0.3, 0.4) is 0 Å². The highest BCUT2D eigenvalue weighted by molar-refractivity contribution is 6.35. The highest BCUT2D eigenvalue weighted by Crippen LogP contribution is 2.62. The molecule has 33 heavy (non-hydrogen) atoms. The van der Waals surface area contributed by atoms with Crippen molar-refractivity contribution in [2.45, 2.75) is 11.8 Å². The van der Waals surface area contributed by atoms with Crippen molar-refractivity contribution in [3.8, 4) is 0 Å². The van der Waals surface area contributed by atoms with E-state index in [1.54, 1.807) is 0 Å². The molecule has 0 aliphatic heterocycles. The van der Waals surface area contributed by atoms with Crippen LogP contribution in [-0.4, -0.2) is 17.7 Å². The zero-order valence-electron chi connectivity index (χ0n) is 16.5. The standard InChI is InChI=1S/C23H14Cl3F3N2O2/c24-12-7-11(8-13(25)9-12)19-20(23(19,28)29)22(33)31-16-5-6-18(26)17(10-16)21(32)30-15-3-1-14(27)2-4-15/h1-10,19-20H,(H,30,32)(H,31,33). The Kier molecular flexibility index (Phi) is 6.31. The summed E-state index contributed by atoms with van der Waals surface area (Å²) in [6.07, 6.45) is 0. The SMILES string of the molecule is O=C(Nc1ccc(F)cc1)c1cc(NC(=O)C2C(c3cc(Cl)cc(Cl)c3)C2(F)F)ccc1Cl. The van der Waals surface area contributed by atoms with Crippen LogP contribution in [0.2, 0.25) is 15.1 Å². The molecule has 1 saturated carbocycles. The summed E-state index contributed by atoms with van der Waals surface area (Å²) in [6, 6.07) is 13.2. The molecule has 0 saturated heterocycles. The maximum Gasteiger partial charge on any atom is 0.268 e. The fraction of sp³-hybridized carbons (Fsp3) is 0.130. The molecule has 3 aromatic carbocycles. The number of rotatable bonds is 5. The molecule has 3 aromatic rings. The lowest BCUT2D eigenvalue weighted by atomic mass is 10.1. The Morgan fingerprint density at radius 2 is 1.42 bits per heavy atom. The molecule has 4 nitrogen and oxygen atoms in total. The van der Waals surface area contributed by atoms with E-state index < -0.39 is 35.4 Å². The first-order valence-electron chi connectivity index (χ1n) is 9.57. The second-order valence-electron chi connectivity index (χ2n) is 7.48. The molecule has 0 spiro atoms. The van der Waals surface area contributed by atoms with Gasteiger partial charge in [0.15, 0.2) is 0 Å². The topological polar surface area (TPSA) is 58.2 Å². The molecule has 2 amide bonds. The number of nitrogens with one attached hydrogen (secondary N) is 2. The third kappa shape index (κ3) is 4.95. The number of anilines is 2. The minimum Gasteiger partial charge on any atom is -0.326 e. The van der Waals surface area contributed by atoms with E-state index in [0.29, 0.717) is 5.69 Å². The van der Waals surface area contributed by atoms with Crippen molar-refractivity contribution in [3.05, 3.63) is 92.7 Å². The van der Waals surface area contributed by atoms with Crippen LogP contribution in [0.5, 0.6) is 0 Å². The van der Waals surface area contributed by atoms with Gasteiger partial charge in [0.05, 0.1) is 16.5 Å². The zero-order chi connectivity index (χ0) is 23.9. The van der Waals surface area contributed by atoms with Gasteiger partial charge in [-0.15, -0.1) is 0 Å². The molecule has 10 heteroatoms. The van der Waals surface area contributed by atoms with E-state index in [4.69, 9.17) is 34.8 Å². The number of carbonyl (C=O) groups excluding carboxylic acids is 2. The third-order valence-corrected chi connectivity index (χ3v) is 5.93. The van der Waals surface area contributed by atoms with Crippen molar-refractivity contribution < 1.29 is 22.8 Å². The molecule has 0 aromatic heterocycles. The van der Waals surface area contributed by atoms with Crippen LogP contribution in [-0.2, 0) is 4.79 Å². The number of amides is 2. The average Bonchev–Trinajstić information content (AvgIpc) is 3.32. The average molecular weight is 514 g/mol. The highest BCUT2D eigenvalue weighted by Gasteiger charge is 2.72. The van der Waals surface area contributed by atoms with Crippen LogP contribution in [0.4, 0.5) is 24.5 Å². The van der Waals surface area contributed by atoms with E-state index in [0.717, 1.165) is 0 Å². The quantitative estimate of drug-likeness (QED) is 0.385. The first kappa shape index (κ1) is 23.4. The van der Waals surface area contributed by atoms with Crippen molar-refractivity contribution >= 4 is 58.0 Å². The van der Waals surface area contributed by atoms with Gasteiger partial charge in [-0.05, 0) is 66.2 Å². The molecule has 1 aliphatic carbocycles. The number of carbonyl (C=O) groups is 2. The second kappa shape index (κ2) is 8.89. The Labute approximate surface area is 201 Å². The molecular formula is C23H14Cl3F3N2O2. The highest BCUT2D eigenvalue weighted by atomic mass is 35.5. The van der Waals surface area contributed by atoms with Gasteiger partial charge in [0.25, 0.3) is 11.8 Å². The lowest BCUT2D eigenvalue weighted by molar-refractivity contribution is -0.119. The smallest absolute Gasteiger partial charge is 0.268 e. The molecule has 170 valence electrons. The first-order chi connectivity index (χ1) is 15.6. The number of hydrogen-bond donors (Lipinski definition) is 2. The predicted octanol–water partition coefficient (Wildman–Crippen LogP) is 7.03. The zero-order valence-corrected chi connectivity index (χ0v) is 18.8. The van der Waals surface area contributed by atoms with E-state index in [2.05, 4.69) is 10.6 Å². The summed E-state index contributed by atoms with van der Waals surface area (Å²) in [5.41, 5.74) is 0.597. The van der Waals surface area contributed by atoms with Crippen LogP contribution in [0.25, 0.3) is 0 Å². The van der Waals surface area contributed by atoms with Gasteiger partial charge in [-0.1, -0.05) is 34.8 Å². The summed E-state index contributed by atoms with van der Waals surface area (Å²) < 4.78 is 41.9. The van der Waals surface area contributed by atoms with E-state index >= 15 is 0 Å². The monoisotopic (exact) mass is 512 g/mol. The van der Waals surface area contributed by atoms with E-state index in [9.17, 15) is 22.8 Å². The summed E-state index contributed by atoms with van der Waals surface area (Å²) in [4.78, 5) is 25.2. The molecule has 0 heterocycles. The van der Waals surface area contributed by atoms with Gasteiger partial charge in [-0.3, -0.25) is 9.59 Å². The Hall–Kier alpha value is -2.74. The van der Waals surface area contributed by atoms with Gasteiger partial charge >= 0.3 is 0 Å². The van der Waals surface area contributed by atoms with Crippen LogP contribution >= 0.6 is 34.8 Å². The summed E-state index contributed by atoms with van der Waals surface area (Å²) in [6.45, 7) is 0. The van der Waals surface area contributed by atoms with E-state index in [1.807, 2.05) is 0 Å². The number of hydrogen-bond acceptors (Lipinski definition) is 2. The number of benzene rings is 3. The van der Waals surface area contributed by atoms with Gasteiger partial charge in [-0.2, -0.15) is 0 Å². The Morgan fingerprint density at radius 1 is 0.818 bits per heavy atom. The number of alkyl halides is 2. The molecule has 1 fully saturated rings. The largest absolute Gasteiger partial charge is 0.326 e. The maximum atomic E-state index is 14.4. The normalized spacial score (nSPS) is 18.5. The number of halogens is 6. The summed E-state index contributed by atoms with van der Waals surface area (Å²) in [5.74, 6) is -8.29. The van der Waals surface area contributed by atoms with Crippen LogP contribution in [0, 0.1) is 11.7 Å². The van der Waals surface area contributed by atoms with Crippen molar-refractivity contribution in [2.24, 2.45) is 5.92 Å². The maximum absolute atomic E-state index is 14.4. The predicted molar refractivity (Wildman–Crippen MR) is 122 cm³/mol. The molecule has 4 rings (SSSR count). The molecule has 0 bridgehead atoms. The van der Waals surface area contributed by atoms with Gasteiger partial charge in [0.1, 0.15) is 11.7 Å². The minimum atomic E-state index is -3.28. The fourth-order valence-electron chi connectivity index (χ4n) is 3.55. The molecule has 2 N–H and O–H groups in total. The summed E-state index contributed by atoms with van der Waals surface area (Å²) >= 11 is 17.9. The second-order valence-corrected chi connectivity index (χ2v) is 8.76. The molecular weight excluding hydrogens is 500 g/mol. The Balaban J connectivity index is 1.50. The van der Waals surface area contributed by atoms with Crippen molar-refractivity contribution in [3.63, 3.8) is 0 Å². The van der Waals surface area contributed by atoms with Crippen LogP contribution < -0.4 is 10.6 Å². The summed E-state index contributed by atoms with van der Waals surface area (Å²) in [7, 11) is 0. The minimum absolute atomic E-state index is 0.000443. The van der Waals surface area contributed by atoms with E-state index in [-0.39, 0.29) is 31.9 Å². The Morgan fingerprint density at radius 3 is 2.06 bits per heavy atom.